The highest BCUT2D eigenvalue weighted by Gasteiger charge is 2.22. The fourth-order valence-electron chi connectivity index (χ4n) is 2.35. The highest BCUT2D eigenvalue weighted by Crippen LogP contribution is 2.13. The second kappa shape index (κ2) is 8.06. The van der Waals surface area contributed by atoms with Crippen molar-refractivity contribution in [2.24, 2.45) is 5.92 Å². The normalized spacial score (nSPS) is 12.4. The van der Waals surface area contributed by atoms with E-state index in [0.717, 1.165) is 11.4 Å². The lowest BCUT2D eigenvalue weighted by molar-refractivity contribution is 0.0801. The Morgan fingerprint density at radius 3 is 2.50 bits per heavy atom. The molecule has 0 aliphatic rings. The van der Waals surface area contributed by atoms with E-state index in [1.165, 1.54) is 5.56 Å². The summed E-state index contributed by atoms with van der Waals surface area (Å²) in [4.78, 5) is 12.6. The second-order valence-corrected chi connectivity index (χ2v) is 6.25. The number of hydrogen-bond acceptors (Lipinski definition) is 4. The fourth-order valence-corrected chi connectivity index (χ4v) is 2.35. The van der Waals surface area contributed by atoms with Gasteiger partial charge in [0.1, 0.15) is 0 Å². The number of nitrogens with one attached hydrogen (secondary N) is 1. The van der Waals surface area contributed by atoms with E-state index in [0.29, 0.717) is 18.9 Å². The van der Waals surface area contributed by atoms with Crippen molar-refractivity contribution in [2.45, 2.75) is 40.7 Å². The van der Waals surface area contributed by atoms with E-state index in [1.54, 1.807) is 4.68 Å². The zero-order valence-corrected chi connectivity index (χ0v) is 15.0. The van der Waals surface area contributed by atoms with Gasteiger partial charge in [0.2, 0.25) is 0 Å². The van der Waals surface area contributed by atoms with Crippen LogP contribution in [0.5, 0.6) is 0 Å². The predicted octanol–water partition coefficient (Wildman–Crippen LogP) is 2.68. The molecule has 130 valence electrons. The maximum Gasteiger partial charge on any atom is 0.274 e. The molecule has 1 aromatic heterocycles. The molecule has 0 radical (unpaired) electrons. The molecule has 24 heavy (non-hydrogen) atoms. The minimum atomic E-state index is -0.218. The van der Waals surface area contributed by atoms with E-state index in [4.69, 9.17) is 4.74 Å². The molecule has 1 heterocycles. The molecule has 2 aromatic rings. The summed E-state index contributed by atoms with van der Waals surface area (Å²) in [6.45, 7) is 11.0. The van der Waals surface area contributed by atoms with Gasteiger partial charge in [-0.2, -0.15) is 0 Å². The van der Waals surface area contributed by atoms with E-state index in [1.807, 2.05) is 45.0 Å². The summed E-state index contributed by atoms with van der Waals surface area (Å²) in [6.07, 6.45) is 0. The second-order valence-electron chi connectivity index (χ2n) is 6.25. The van der Waals surface area contributed by atoms with Crippen molar-refractivity contribution in [3.05, 3.63) is 41.2 Å². The van der Waals surface area contributed by atoms with Gasteiger partial charge in [-0.1, -0.05) is 36.8 Å². The van der Waals surface area contributed by atoms with Gasteiger partial charge >= 0.3 is 0 Å². The van der Waals surface area contributed by atoms with Gasteiger partial charge < -0.3 is 10.1 Å². The van der Waals surface area contributed by atoms with Crippen molar-refractivity contribution < 1.29 is 9.53 Å². The molecule has 0 bridgehead atoms. The number of carbonyl (C=O) groups is 1. The van der Waals surface area contributed by atoms with Crippen LogP contribution in [-0.4, -0.2) is 40.2 Å². The van der Waals surface area contributed by atoms with Gasteiger partial charge in [-0.3, -0.25) is 4.79 Å². The Kier molecular flexibility index (Phi) is 6.09. The van der Waals surface area contributed by atoms with Crippen LogP contribution in [0.2, 0.25) is 0 Å². The third-order valence-electron chi connectivity index (χ3n) is 4.01. The molecule has 1 amide bonds. The van der Waals surface area contributed by atoms with Gasteiger partial charge in [0.25, 0.3) is 5.91 Å². The van der Waals surface area contributed by atoms with Crippen LogP contribution in [0.3, 0.4) is 0 Å². The lowest BCUT2D eigenvalue weighted by atomic mass is 10.1. The fraction of sp³-hybridized carbons (Fsp3) is 0.500. The van der Waals surface area contributed by atoms with Gasteiger partial charge in [-0.15, -0.1) is 5.10 Å². The molecule has 1 atom stereocenters. The molecule has 1 aromatic carbocycles. The molecule has 0 saturated heterocycles. The van der Waals surface area contributed by atoms with Crippen molar-refractivity contribution in [3.63, 3.8) is 0 Å². The van der Waals surface area contributed by atoms with Crippen molar-refractivity contribution >= 4 is 5.91 Å². The van der Waals surface area contributed by atoms with Crippen molar-refractivity contribution in [1.82, 2.24) is 20.3 Å². The van der Waals surface area contributed by atoms with Crippen LogP contribution in [-0.2, 0) is 4.74 Å². The van der Waals surface area contributed by atoms with E-state index in [2.05, 4.69) is 29.5 Å². The molecule has 1 N–H and O–H groups in total. The first-order valence-electron chi connectivity index (χ1n) is 8.32. The first kappa shape index (κ1) is 18.1. The van der Waals surface area contributed by atoms with E-state index >= 15 is 0 Å². The average molecular weight is 330 g/mol. The summed E-state index contributed by atoms with van der Waals surface area (Å²) in [6, 6.07) is 7.89. The Labute approximate surface area is 143 Å². The molecule has 0 fully saturated rings. The molecule has 6 heteroatoms. The number of amides is 1. The highest BCUT2D eigenvalue weighted by molar-refractivity contribution is 5.93. The van der Waals surface area contributed by atoms with Crippen molar-refractivity contribution in [1.29, 1.82) is 0 Å². The van der Waals surface area contributed by atoms with Crippen LogP contribution < -0.4 is 5.32 Å². The number of carbonyl (C=O) groups excluding carboxylic acids is 1. The standard InChI is InChI=1S/C18H26N4O2/c1-6-24-11-16(12(2)3)19-18(23)17-14(5)22(21-20-17)15-9-7-13(4)8-10-15/h7-10,12,16H,6,11H2,1-5H3,(H,19,23). The minimum absolute atomic E-state index is 0.0543. The Morgan fingerprint density at radius 1 is 1.25 bits per heavy atom. The zero-order chi connectivity index (χ0) is 17.7. The lowest BCUT2D eigenvalue weighted by Gasteiger charge is -2.21. The summed E-state index contributed by atoms with van der Waals surface area (Å²) in [5, 5.41) is 11.2. The van der Waals surface area contributed by atoms with Crippen LogP contribution >= 0.6 is 0 Å². The highest BCUT2D eigenvalue weighted by atomic mass is 16.5. The Hall–Kier alpha value is -2.21. The Bertz CT molecular complexity index is 677. The topological polar surface area (TPSA) is 69.0 Å². The number of hydrogen-bond donors (Lipinski definition) is 1. The number of aromatic nitrogens is 3. The molecule has 2 rings (SSSR count). The Balaban J connectivity index is 2.17. The van der Waals surface area contributed by atoms with Crippen LogP contribution in [0.15, 0.2) is 24.3 Å². The quantitative estimate of drug-likeness (QED) is 0.847. The van der Waals surface area contributed by atoms with Gasteiger partial charge in [-0.05, 0) is 38.8 Å². The third kappa shape index (κ3) is 4.20. The van der Waals surface area contributed by atoms with Crippen molar-refractivity contribution in [3.8, 4) is 5.69 Å². The molecule has 0 saturated carbocycles. The summed E-state index contributed by atoms with van der Waals surface area (Å²) in [5.74, 6) is 0.0530. The third-order valence-corrected chi connectivity index (χ3v) is 4.01. The summed E-state index contributed by atoms with van der Waals surface area (Å²) < 4.78 is 7.14. The van der Waals surface area contributed by atoms with Gasteiger partial charge in [0, 0.05) is 6.61 Å². The number of nitrogens with zero attached hydrogens (tertiary/aromatic N) is 3. The summed E-state index contributed by atoms with van der Waals surface area (Å²) in [7, 11) is 0. The minimum Gasteiger partial charge on any atom is -0.380 e. The van der Waals surface area contributed by atoms with E-state index in [-0.39, 0.29) is 17.9 Å². The van der Waals surface area contributed by atoms with Crippen LogP contribution in [0, 0.1) is 19.8 Å². The largest absolute Gasteiger partial charge is 0.380 e. The maximum absolute atomic E-state index is 12.6. The number of ether oxygens (including phenoxy) is 1. The molecule has 0 spiro atoms. The maximum atomic E-state index is 12.6. The predicted molar refractivity (Wildman–Crippen MR) is 93.4 cm³/mol. The van der Waals surface area contributed by atoms with Crippen LogP contribution in [0.25, 0.3) is 5.69 Å². The molecular formula is C18H26N4O2. The monoisotopic (exact) mass is 330 g/mol. The van der Waals surface area contributed by atoms with Gasteiger partial charge in [0.05, 0.1) is 24.0 Å². The molecule has 6 nitrogen and oxygen atoms in total. The molecular weight excluding hydrogens is 304 g/mol. The lowest BCUT2D eigenvalue weighted by Crippen LogP contribution is -2.42. The smallest absolute Gasteiger partial charge is 0.274 e. The molecule has 0 aliphatic carbocycles. The number of benzene rings is 1. The van der Waals surface area contributed by atoms with E-state index < -0.39 is 0 Å². The Morgan fingerprint density at radius 2 is 1.92 bits per heavy atom. The zero-order valence-electron chi connectivity index (χ0n) is 15.0. The van der Waals surface area contributed by atoms with Crippen molar-refractivity contribution in [2.75, 3.05) is 13.2 Å². The van der Waals surface area contributed by atoms with Gasteiger partial charge in [-0.25, -0.2) is 4.68 Å². The molecule has 1 unspecified atom stereocenters. The summed E-state index contributed by atoms with van der Waals surface area (Å²) >= 11 is 0. The van der Waals surface area contributed by atoms with E-state index in [9.17, 15) is 4.79 Å². The average Bonchev–Trinajstić information content (AvgIpc) is 2.93. The van der Waals surface area contributed by atoms with Crippen LogP contribution in [0.4, 0.5) is 0 Å². The van der Waals surface area contributed by atoms with Gasteiger partial charge in [0.15, 0.2) is 5.69 Å². The molecule has 0 aliphatic heterocycles. The number of aryl methyl sites for hydroxylation is 1. The number of rotatable bonds is 7. The SMILES string of the molecule is CCOCC(NC(=O)c1nnn(-c2ccc(C)cc2)c1C)C(C)C. The summed E-state index contributed by atoms with van der Waals surface area (Å²) in [5.41, 5.74) is 3.12. The first-order chi connectivity index (χ1) is 11.4. The first-order valence-corrected chi connectivity index (χ1v) is 8.32. The van der Waals surface area contributed by atoms with Crippen LogP contribution in [0.1, 0.15) is 42.5 Å².